The lowest BCUT2D eigenvalue weighted by Crippen LogP contribution is -2.05. The molecule has 0 amide bonds. The van der Waals surface area contributed by atoms with Gasteiger partial charge in [-0.2, -0.15) is 11.8 Å². The summed E-state index contributed by atoms with van der Waals surface area (Å²) >= 11 is 5.03. The minimum Gasteiger partial charge on any atom is -0.478 e. The highest BCUT2D eigenvalue weighted by atomic mass is 79.9. The Labute approximate surface area is 256 Å². The Morgan fingerprint density at radius 1 is 0.952 bits per heavy atom. The summed E-state index contributed by atoms with van der Waals surface area (Å²) in [5.74, 6) is 1.17. The molecule has 0 spiro atoms. The Kier molecular flexibility index (Phi) is 10.9. The van der Waals surface area contributed by atoms with Gasteiger partial charge in [-0.25, -0.2) is 4.79 Å². The molecule has 1 N–H and O–H groups in total. The van der Waals surface area contributed by atoms with Gasteiger partial charge in [0, 0.05) is 27.1 Å². The monoisotopic (exact) mass is 677 g/mol. The van der Waals surface area contributed by atoms with Crippen molar-refractivity contribution >= 4 is 52.2 Å². The van der Waals surface area contributed by atoms with Gasteiger partial charge in [0.15, 0.2) is 0 Å². The van der Waals surface area contributed by atoms with Gasteiger partial charge in [0.05, 0.1) is 17.2 Å². The average molecular weight is 679 g/mol. The van der Waals surface area contributed by atoms with E-state index in [1.807, 2.05) is 42.5 Å². The zero-order chi connectivity index (χ0) is 30.4. The molecule has 0 bridgehead atoms. The summed E-state index contributed by atoms with van der Waals surface area (Å²) in [7, 11) is -4.46. The number of hydrogen-bond acceptors (Lipinski definition) is 6. The van der Waals surface area contributed by atoms with Gasteiger partial charge in [-0.3, -0.25) is 9.55 Å². The van der Waals surface area contributed by atoms with E-state index in [0.717, 1.165) is 45.5 Å². The van der Waals surface area contributed by atoms with E-state index >= 15 is 0 Å². The van der Waals surface area contributed by atoms with Gasteiger partial charge in [0.1, 0.15) is 0 Å². The zero-order valence-corrected chi connectivity index (χ0v) is 26.6. The fourth-order valence-electron chi connectivity index (χ4n) is 4.84. The van der Waals surface area contributed by atoms with Gasteiger partial charge >= 0.3 is 13.6 Å². The third-order valence-electron chi connectivity index (χ3n) is 6.89. The summed E-state index contributed by atoms with van der Waals surface area (Å²) in [4.78, 5) is 16.9. The Morgan fingerprint density at radius 2 is 1.62 bits per heavy atom. The summed E-state index contributed by atoms with van der Waals surface area (Å²) < 4.78 is 43.4. The van der Waals surface area contributed by atoms with Gasteiger partial charge in [0.25, 0.3) is 0 Å². The van der Waals surface area contributed by atoms with Crippen LogP contribution in [0.1, 0.15) is 65.9 Å². The van der Waals surface area contributed by atoms with E-state index in [1.54, 1.807) is 36.0 Å². The molecule has 6 nitrogen and oxygen atoms in total. The first-order valence-electron chi connectivity index (χ1n) is 13.3. The number of carboxylic acids is 1. The molecule has 222 valence electrons. The standard InChI is InChI=1S/C31H31BrF2NO5PS/c1-19(2)12-20(3)29-11-10-24-14-26(15-27(31(36)37)30(24)35-29)23-7-4-21(5-8-23)17-42-18-22-6-9-25(28(32)13-22)16-41(38,39-33)40-34/h4-11,13-15,19-20H,12,16-18H2,1-3H3,(H,36,37). The molecule has 0 radical (unpaired) electrons. The van der Waals surface area contributed by atoms with Crippen molar-refractivity contribution in [2.24, 2.45) is 5.92 Å². The van der Waals surface area contributed by atoms with E-state index in [9.17, 15) is 23.5 Å². The van der Waals surface area contributed by atoms with Crippen molar-refractivity contribution in [2.45, 2.75) is 50.8 Å². The quantitative estimate of drug-likeness (QED) is 0.141. The molecule has 3 aromatic carbocycles. The molecule has 42 heavy (non-hydrogen) atoms. The maximum absolute atomic E-state index is 12.4. The number of nitrogens with zero attached hydrogens (tertiary/aromatic N) is 1. The Hall–Kier alpha value is -2.62. The highest BCUT2D eigenvalue weighted by molar-refractivity contribution is 9.10. The number of hydrogen-bond donors (Lipinski definition) is 1. The second kappa shape index (κ2) is 14.2. The first-order valence-corrected chi connectivity index (χ1v) is 17.0. The van der Waals surface area contributed by atoms with Crippen LogP contribution in [0.15, 0.2) is 71.2 Å². The van der Waals surface area contributed by atoms with E-state index in [-0.39, 0.29) is 11.5 Å². The van der Waals surface area contributed by atoms with Crippen LogP contribution in [0, 0.1) is 5.92 Å². The van der Waals surface area contributed by atoms with Crippen molar-refractivity contribution in [3.05, 3.63) is 99.2 Å². The first-order chi connectivity index (χ1) is 20.0. The second-order valence-electron chi connectivity index (χ2n) is 10.7. The molecule has 4 aromatic rings. The van der Waals surface area contributed by atoms with Crippen molar-refractivity contribution in [1.29, 1.82) is 0 Å². The predicted octanol–water partition coefficient (Wildman–Crippen LogP) is 10.4. The molecule has 0 fully saturated rings. The number of carboxylic acid groups (broad SMARTS) is 1. The number of aromatic carboxylic acids is 1. The molecular formula is C31H31BrF2NO5PS. The normalized spacial score (nSPS) is 12.6. The number of thioether (sulfide) groups is 1. The molecule has 1 unspecified atom stereocenters. The zero-order valence-electron chi connectivity index (χ0n) is 23.4. The Balaban J connectivity index is 1.44. The highest BCUT2D eigenvalue weighted by Crippen LogP contribution is 2.53. The lowest BCUT2D eigenvalue weighted by atomic mass is 9.94. The molecule has 0 aliphatic heterocycles. The molecule has 0 aliphatic rings. The maximum Gasteiger partial charge on any atom is 0.399 e. The van der Waals surface area contributed by atoms with Gasteiger partial charge in [-0.05, 0) is 79.4 Å². The topological polar surface area (TPSA) is 85.7 Å². The smallest absolute Gasteiger partial charge is 0.399 e. The van der Waals surface area contributed by atoms with Gasteiger partial charge < -0.3 is 5.11 Å². The summed E-state index contributed by atoms with van der Waals surface area (Å²) in [6.45, 7) is 6.45. The van der Waals surface area contributed by atoms with Crippen LogP contribution < -0.4 is 0 Å². The summed E-state index contributed by atoms with van der Waals surface area (Å²) in [5.41, 5.74) is 5.80. The van der Waals surface area contributed by atoms with E-state index < -0.39 is 19.7 Å². The number of aromatic nitrogens is 1. The summed E-state index contributed by atoms with van der Waals surface area (Å²) in [5, 5.41) is 10.8. The van der Waals surface area contributed by atoms with E-state index in [0.29, 0.717) is 27.2 Å². The van der Waals surface area contributed by atoms with E-state index in [2.05, 4.69) is 46.2 Å². The highest BCUT2D eigenvalue weighted by Gasteiger charge is 2.29. The first kappa shape index (κ1) is 32.3. The molecule has 0 aliphatic carbocycles. The molecule has 0 saturated heterocycles. The molecule has 1 heterocycles. The minimum absolute atomic E-state index is 0.190. The van der Waals surface area contributed by atoms with Crippen LogP contribution in [-0.2, 0) is 31.7 Å². The predicted molar refractivity (Wildman–Crippen MR) is 167 cm³/mol. The number of rotatable bonds is 13. The average Bonchev–Trinajstić information content (AvgIpc) is 2.97. The molecular weight excluding hydrogens is 647 g/mol. The van der Waals surface area contributed by atoms with Crippen LogP contribution >= 0.6 is 35.3 Å². The third kappa shape index (κ3) is 8.05. The fourth-order valence-corrected chi connectivity index (χ4v) is 7.38. The molecule has 4 rings (SSSR count). The molecule has 1 aromatic heterocycles. The molecule has 11 heteroatoms. The molecule has 1 atom stereocenters. The van der Waals surface area contributed by atoms with Crippen LogP contribution in [0.3, 0.4) is 0 Å². The SMILES string of the molecule is CC(C)CC(C)c1ccc2cc(-c3ccc(CSCc4ccc(CP(=O)(OF)OF)c(Br)c4)cc3)cc(C(=O)O)c2n1. The van der Waals surface area contributed by atoms with Crippen molar-refractivity contribution in [2.75, 3.05) is 0 Å². The van der Waals surface area contributed by atoms with Crippen LogP contribution in [0.2, 0.25) is 0 Å². The minimum atomic E-state index is -4.46. The number of carbonyl (C=O) groups is 1. The van der Waals surface area contributed by atoms with Crippen molar-refractivity contribution < 1.29 is 33.0 Å². The number of pyridine rings is 1. The van der Waals surface area contributed by atoms with Crippen molar-refractivity contribution in [1.82, 2.24) is 4.98 Å². The fraction of sp³-hybridized carbons (Fsp3) is 0.290. The Morgan fingerprint density at radius 3 is 2.24 bits per heavy atom. The second-order valence-corrected chi connectivity index (χ2v) is 14.3. The van der Waals surface area contributed by atoms with E-state index in [4.69, 9.17) is 4.98 Å². The van der Waals surface area contributed by atoms with Gasteiger partial charge in [-0.1, -0.05) is 79.2 Å². The lowest BCUT2D eigenvalue weighted by Gasteiger charge is -2.15. The van der Waals surface area contributed by atoms with Gasteiger partial charge in [0.2, 0.25) is 0 Å². The summed E-state index contributed by atoms with van der Waals surface area (Å²) in [6, 6.07) is 20.9. The van der Waals surface area contributed by atoms with Crippen LogP contribution in [0.4, 0.5) is 9.05 Å². The number of fused-ring (bicyclic) bond motifs is 1. The van der Waals surface area contributed by atoms with Crippen molar-refractivity contribution in [3.63, 3.8) is 0 Å². The largest absolute Gasteiger partial charge is 0.478 e. The molecule has 0 saturated carbocycles. The van der Waals surface area contributed by atoms with E-state index in [1.165, 1.54) is 0 Å². The van der Waals surface area contributed by atoms with Crippen molar-refractivity contribution in [3.8, 4) is 11.1 Å². The maximum atomic E-state index is 12.4. The van der Waals surface area contributed by atoms with Crippen LogP contribution in [0.25, 0.3) is 22.0 Å². The third-order valence-corrected chi connectivity index (χ3v) is 9.85. The van der Waals surface area contributed by atoms with Crippen LogP contribution in [0.5, 0.6) is 0 Å². The van der Waals surface area contributed by atoms with Gasteiger partial charge in [-0.15, -0.1) is 9.46 Å². The Bertz CT molecular complexity index is 1610. The number of halogens is 3. The van der Waals surface area contributed by atoms with Crippen LogP contribution in [-0.4, -0.2) is 16.1 Å². The number of benzene rings is 3. The summed E-state index contributed by atoms with van der Waals surface area (Å²) in [6.07, 6.45) is 0.438. The lowest BCUT2D eigenvalue weighted by molar-refractivity contribution is -0.0881.